The number of carbonyl (C=O) groups excluding carboxylic acids is 1. The third-order valence-electron chi connectivity index (χ3n) is 1.96. The number of thiazole rings is 1. The van der Waals surface area contributed by atoms with E-state index in [0.29, 0.717) is 5.69 Å². The molecule has 0 aliphatic rings. The van der Waals surface area contributed by atoms with Crippen molar-refractivity contribution < 1.29 is 9.90 Å². The van der Waals surface area contributed by atoms with E-state index in [-0.39, 0.29) is 11.5 Å². The summed E-state index contributed by atoms with van der Waals surface area (Å²) in [7, 11) is 0. The predicted octanol–water partition coefficient (Wildman–Crippen LogP) is 2.72. The zero-order chi connectivity index (χ0) is 10.8. The second-order valence-electron chi connectivity index (χ2n) is 3.14. The van der Waals surface area contributed by atoms with Gasteiger partial charge in [-0.25, -0.2) is 4.98 Å². The number of Topliss-reactive ketones (excluding diaryl/α,β-unsaturated/α-hetero) is 1. The molecule has 0 saturated carbocycles. The van der Waals surface area contributed by atoms with Crippen LogP contribution in [0.5, 0.6) is 5.75 Å². The highest BCUT2D eigenvalue weighted by atomic mass is 32.1. The van der Waals surface area contributed by atoms with Crippen molar-refractivity contribution >= 4 is 17.1 Å². The number of phenols is 1. The van der Waals surface area contributed by atoms with E-state index in [1.807, 2.05) is 6.07 Å². The highest BCUT2D eigenvalue weighted by Crippen LogP contribution is 2.26. The quantitative estimate of drug-likeness (QED) is 0.790. The van der Waals surface area contributed by atoms with Crippen LogP contribution in [0.25, 0.3) is 10.6 Å². The Hall–Kier alpha value is -1.68. The lowest BCUT2D eigenvalue weighted by Crippen LogP contribution is -1.91. The molecule has 0 bridgehead atoms. The molecule has 0 aliphatic heterocycles. The highest BCUT2D eigenvalue weighted by Gasteiger charge is 2.07. The molecule has 0 unspecified atom stereocenters. The molecule has 15 heavy (non-hydrogen) atoms. The van der Waals surface area contributed by atoms with Crippen LogP contribution in [-0.4, -0.2) is 15.9 Å². The number of ketones is 1. The van der Waals surface area contributed by atoms with Gasteiger partial charge in [0.15, 0.2) is 5.78 Å². The Labute approximate surface area is 91.0 Å². The number of nitrogens with zero attached hydrogens (tertiary/aromatic N) is 1. The van der Waals surface area contributed by atoms with Crippen LogP contribution in [-0.2, 0) is 0 Å². The molecule has 3 nitrogen and oxygen atoms in total. The van der Waals surface area contributed by atoms with Gasteiger partial charge in [0.05, 0.1) is 0 Å². The van der Waals surface area contributed by atoms with Gasteiger partial charge in [-0.1, -0.05) is 12.1 Å². The topological polar surface area (TPSA) is 50.2 Å². The van der Waals surface area contributed by atoms with Gasteiger partial charge in [0.2, 0.25) is 0 Å². The van der Waals surface area contributed by atoms with E-state index in [1.165, 1.54) is 18.3 Å². The Morgan fingerprint density at radius 2 is 2.27 bits per heavy atom. The van der Waals surface area contributed by atoms with Crippen molar-refractivity contribution in [2.24, 2.45) is 0 Å². The standard InChI is InChI=1S/C11H9NO2S/c1-7(13)10-6-15-11(12-10)8-3-2-4-9(14)5-8/h2-6,14H,1H3. The number of hydrogen-bond donors (Lipinski definition) is 1. The maximum atomic E-state index is 11.1. The van der Waals surface area contributed by atoms with Crippen molar-refractivity contribution in [2.75, 3.05) is 0 Å². The minimum Gasteiger partial charge on any atom is -0.508 e. The maximum absolute atomic E-state index is 11.1. The van der Waals surface area contributed by atoms with Gasteiger partial charge in [-0.15, -0.1) is 11.3 Å². The largest absolute Gasteiger partial charge is 0.508 e. The van der Waals surface area contributed by atoms with Crippen LogP contribution >= 0.6 is 11.3 Å². The number of rotatable bonds is 2. The lowest BCUT2D eigenvalue weighted by molar-refractivity contribution is 0.101. The molecule has 0 atom stereocenters. The summed E-state index contributed by atoms with van der Waals surface area (Å²) in [4.78, 5) is 15.2. The average molecular weight is 219 g/mol. The van der Waals surface area contributed by atoms with Gasteiger partial charge < -0.3 is 5.11 Å². The minimum absolute atomic E-state index is 0.0438. The SMILES string of the molecule is CC(=O)c1csc(-c2cccc(O)c2)n1. The van der Waals surface area contributed by atoms with E-state index in [2.05, 4.69) is 4.98 Å². The average Bonchev–Trinajstić information content (AvgIpc) is 2.66. The Morgan fingerprint density at radius 3 is 2.87 bits per heavy atom. The summed E-state index contributed by atoms with van der Waals surface area (Å²) >= 11 is 1.40. The minimum atomic E-state index is -0.0438. The first kappa shape index (κ1) is 9.86. The molecule has 0 radical (unpaired) electrons. The molecule has 2 aromatic rings. The van der Waals surface area contributed by atoms with Crippen molar-refractivity contribution in [3.05, 3.63) is 35.3 Å². The molecule has 0 saturated heterocycles. The fraction of sp³-hybridized carbons (Fsp3) is 0.0909. The highest BCUT2D eigenvalue weighted by molar-refractivity contribution is 7.13. The van der Waals surface area contributed by atoms with Crippen molar-refractivity contribution in [3.8, 4) is 16.3 Å². The van der Waals surface area contributed by atoms with Gasteiger partial charge in [-0.3, -0.25) is 4.79 Å². The summed E-state index contributed by atoms with van der Waals surface area (Å²) in [6.45, 7) is 1.49. The van der Waals surface area contributed by atoms with Crippen molar-refractivity contribution in [2.45, 2.75) is 6.92 Å². The van der Waals surface area contributed by atoms with Crippen LogP contribution in [0.3, 0.4) is 0 Å². The summed E-state index contributed by atoms with van der Waals surface area (Å²) in [6, 6.07) is 6.83. The van der Waals surface area contributed by atoms with E-state index in [4.69, 9.17) is 0 Å². The molecule has 0 aliphatic carbocycles. The molecule has 0 spiro atoms. The Kier molecular flexibility index (Phi) is 2.51. The molecule has 1 aromatic heterocycles. The van der Waals surface area contributed by atoms with E-state index < -0.39 is 0 Å². The number of phenolic OH excluding ortho intramolecular Hbond substituents is 1. The zero-order valence-corrected chi connectivity index (χ0v) is 8.91. The second-order valence-corrected chi connectivity index (χ2v) is 4.00. The summed E-state index contributed by atoms with van der Waals surface area (Å²) in [5, 5.41) is 11.8. The normalized spacial score (nSPS) is 10.2. The Balaban J connectivity index is 2.41. The van der Waals surface area contributed by atoms with Crippen LogP contribution < -0.4 is 0 Å². The van der Waals surface area contributed by atoms with Gasteiger partial charge in [0.25, 0.3) is 0 Å². The number of aromatic hydroxyl groups is 1. The Morgan fingerprint density at radius 1 is 1.47 bits per heavy atom. The van der Waals surface area contributed by atoms with E-state index in [1.54, 1.807) is 23.6 Å². The lowest BCUT2D eigenvalue weighted by atomic mass is 10.2. The van der Waals surface area contributed by atoms with E-state index >= 15 is 0 Å². The fourth-order valence-electron chi connectivity index (χ4n) is 1.21. The third-order valence-corrected chi connectivity index (χ3v) is 2.85. The monoisotopic (exact) mass is 219 g/mol. The molecular formula is C11H9NO2S. The molecule has 0 fully saturated rings. The van der Waals surface area contributed by atoms with Crippen molar-refractivity contribution in [1.29, 1.82) is 0 Å². The van der Waals surface area contributed by atoms with Crippen LogP contribution in [0.2, 0.25) is 0 Å². The van der Waals surface area contributed by atoms with E-state index in [0.717, 1.165) is 10.6 Å². The third kappa shape index (κ3) is 2.05. The molecule has 1 N–H and O–H groups in total. The number of benzene rings is 1. The molecule has 0 amide bonds. The first-order valence-corrected chi connectivity index (χ1v) is 5.30. The first-order chi connectivity index (χ1) is 7.16. The molecule has 1 heterocycles. The second kappa shape index (κ2) is 3.82. The summed E-state index contributed by atoms with van der Waals surface area (Å²) in [6.07, 6.45) is 0. The molecular weight excluding hydrogens is 210 g/mol. The molecule has 2 rings (SSSR count). The maximum Gasteiger partial charge on any atom is 0.178 e. The van der Waals surface area contributed by atoms with Crippen LogP contribution in [0.4, 0.5) is 0 Å². The van der Waals surface area contributed by atoms with E-state index in [9.17, 15) is 9.90 Å². The lowest BCUT2D eigenvalue weighted by Gasteiger charge is -1.96. The van der Waals surface area contributed by atoms with Crippen LogP contribution in [0.1, 0.15) is 17.4 Å². The van der Waals surface area contributed by atoms with Gasteiger partial charge >= 0.3 is 0 Å². The Bertz CT molecular complexity index is 505. The molecule has 4 heteroatoms. The van der Waals surface area contributed by atoms with Gasteiger partial charge in [-0.05, 0) is 12.1 Å². The number of hydrogen-bond acceptors (Lipinski definition) is 4. The summed E-state index contributed by atoms with van der Waals surface area (Å²) in [5.41, 5.74) is 1.30. The predicted molar refractivity (Wildman–Crippen MR) is 59.2 cm³/mol. The van der Waals surface area contributed by atoms with Gasteiger partial charge in [0, 0.05) is 17.9 Å². The summed E-state index contributed by atoms with van der Waals surface area (Å²) < 4.78 is 0. The smallest absolute Gasteiger partial charge is 0.178 e. The summed E-state index contributed by atoms with van der Waals surface area (Å²) in [5.74, 6) is 0.157. The molecule has 1 aromatic carbocycles. The van der Waals surface area contributed by atoms with Crippen molar-refractivity contribution in [3.63, 3.8) is 0 Å². The fourth-order valence-corrected chi connectivity index (χ4v) is 2.06. The molecule has 76 valence electrons. The van der Waals surface area contributed by atoms with Crippen LogP contribution in [0, 0.1) is 0 Å². The first-order valence-electron chi connectivity index (χ1n) is 4.42. The van der Waals surface area contributed by atoms with Crippen molar-refractivity contribution in [1.82, 2.24) is 4.98 Å². The zero-order valence-electron chi connectivity index (χ0n) is 8.10. The van der Waals surface area contributed by atoms with Gasteiger partial charge in [0.1, 0.15) is 16.5 Å². The van der Waals surface area contributed by atoms with Crippen LogP contribution in [0.15, 0.2) is 29.6 Å². The number of aromatic nitrogens is 1. The number of carbonyl (C=O) groups is 1. The van der Waals surface area contributed by atoms with Gasteiger partial charge in [-0.2, -0.15) is 0 Å².